The number of rotatable bonds is 6. The molecule has 0 aliphatic rings. The number of carboxylic acid groups (broad SMARTS) is 1. The number of amides is 1. The molecule has 116 valence electrons. The lowest BCUT2D eigenvalue weighted by molar-refractivity contribution is -0.142. The molecule has 0 saturated heterocycles. The maximum Gasteiger partial charge on any atom is 0.330 e. The van der Waals surface area contributed by atoms with E-state index in [1.165, 1.54) is 17.3 Å². The van der Waals surface area contributed by atoms with E-state index < -0.39 is 12.0 Å². The molecule has 0 aliphatic carbocycles. The predicted octanol–water partition coefficient (Wildman–Crippen LogP) is 1.23. The Morgan fingerprint density at radius 2 is 2.14 bits per heavy atom. The molecule has 0 fully saturated rings. The highest BCUT2D eigenvalue weighted by atomic mass is 16.4. The van der Waals surface area contributed by atoms with E-state index in [0.29, 0.717) is 12.1 Å². The number of nitrogens with one attached hydrogen (secondary N) is 1. The number of carboxylic acids is 1. The van der Waals surface area contributed by atoms with E-state index in [-0.39, 0.29) is 12.3 Å². The van der Waals surface area contributed by atoms with Gasteiger partial charge in [0.1, 0.15) is 12.7 Å². The van der Waals surface area contributed by atoms with Gasteiger partial charge in [-0.2, -0.15) is 5.10 Å². The average Bonchev–Trinajstić information content (AvgIpc) is 2.99. The van der Waals surface area contributed by atoms with Crippen molar-refractivity contribution >= 4 is 11.9 Å². The monoisotopic (exact) mass is 302 g/mol. The zero-order valence-electron chi connectivity index (χ0n) is 12.5. The molecule has 1 heterocycles. The van der Waals surface area contributed by atoms with Crippen LogP contribution in [0.1, 0.15) is 29.2 Å². The molecule has 1 unspecified atom stereocenters. The Hall–Kier alpha value is -2.70. The second kappa shape index (κ2) is 6.84. The molecule has 2 rings (SSSR count). The molecular formula is C15H18N4O3. The minimum Gasteiger partial charge on any atom is -0.479 e. The van der Waals surface area contributed by atoms with Crippen LogP contribution >= 0.6 is 0 Å². The van der Waals surface area contributed by atoms with Gasteiger partial charge in [-0.05, 0) is 30.5 Å². The van der Waals surface area contributed by atoms with Crippen LogP contribution < -0.4 is 5.32 Å². The number of benzene rings is 1. The second-order valence-electron chi connectivity index (χ2n) is 5.04. The lowest BCUT2D eigenvalue weighted by Gasteiger charge is -2.18. The van der Waals surface area contributed by atoms with Crippen molar-refractivity contribution in [3.05, 3.63) is 47.5 Å². The number of aryl methyl sites for hydroxylation is 2. The van der Waals surface area contributed by atoms with Crippen molar-refractivity contribution in [2.45, 2.75) is 32.9 Å². The zero-order valence-corrected chi connectivity index (χ0v) is 12.5. The first-order chi connectivity index (χ1) is 10.5. The number of nitrogens with zero attached hydrogens (tertiary/aromatic N) is 3. The van der Waals surface area contributed by atoms with E-state index in [9.17, 15) is 14.7 Å². The largest absolute Gasteiger partial charge is 0.479 e. The SMILES string of the molecule is Cc1cccc(C(NC(=O)CCn2cncn2)C(=O)O)c1C. The van der Waals surface area contributed by atoms with Gasteiger partial charge in [-0.25, -0.2) is 9.78 Å². The first-order valence-corrected chi connectivity index (χ1v) is 6.89. The Morgan fingerprint density at radius 1 is 1.36 bits per heavy atom. The van der Waals surface area contributed by atoms with Crippen molar-refractivity contribution in [2.24, 2.45) is 0 Å². The molecule has 0 spiro atoms. The fourth-order valence-electron chi connectivity index (χ4n) is 2.16. The summed E-state index contributed by atoms with van der Waals surface area (Å²) >= 11 is 0. The number of aliphatic carboxylic acids is 1. The summed E-state index contributed by atoms with van der Waals surface area (Å²) in [5.41, 5.74) is 2.45. The summed E-state index contributed by atoms with van der Waals surface area (Å²) in [6.07, 6.45) is 3.03. The van der Waals surface area contributed by atoms with Crippen LogP contribution in [0.5, 0.6) is 0 Å². The maximum absolute atomic E-state index is 12.0. The Kier molecular flexibility index (Phi) is 4.88. The summed E-state index contributed by atoms with van der Waals surface area (Å²) in [7, 11) is 0. The molecule has 1 atom stereocenters. The minimum absolute atomic E-state index is 0.137. The predicted molar refractivity (Wildman–Crippen MR) is 79.1 cm³/mol. The summed E-state index contributed by atoms with van der Waals surface area (Å²) in [6.45, 7) is 4.11. The van der Waals surface area contributed by atoms with E-state index in [2.05, 4.69) is 15.4 Å². The minimum atomic E-state index is -1.08. The molecular weight excluding hydrogens is 284 g/mol. The summed E-state index contributed by atoms with van der Waals surface area (Å²) in [5, 5.41) is 15.9. The van der Waals surface area contributed by atoms with Crippen LogP contribution in [0, 0.1) is 13.8 Å². The highest BCUT2D eigenvalue weighted by Gasteiger charge is 2.23. The van der Waals surface area contributed by atoms with E-state index in [1.54, 1.807) is 12.1 Å². The van der Waals surface area contributed by atoms with Gasteiger partial charge >= 0.3 is 5.97 Å². The normalized spacial score (nSPS) is 11.9. The molecule has 0 aliphatic heterocycles. The third-order valence-corrected chi connectivity index (χ3v) is 3.54. The van der Waals surface area contributed by atoms with Crippen molar-refractivity contribution in [1.29, 1.82) is 0 Å². The van der Waals surface area contributed by atoms with Crippen molar-refractivity contribution < 1.29 is 14.7 Å². The first-order valence-electron chi connectivity index (χ1n) is 6.89. The van der Waals surface area contributed by atoms with Crippen molar-refractivity contribution in [3.63, 3.8) is 0 Å². The van der Waals surface area contributed by atoms with Gasteiger partial charge in [-0.3, -0.25) is 9.48 Å². The van der Waals surface area contributed by atoms with Crippen LogP contribution in [-0.2, 0) is 16.1 Å². The number of carbonyl (C=O) groups is 2. The van der Waals surface area contributed by atoms with Gasteiger partial charge in [0, 0.05) is 6.42 Å². The molecule has 2 N–H and O–H groups in total. The number of hydrogen-bond donors (Lipinski definition) is 2. The molecule has 1 aromatic carbocycles. The molecule has 2 aromatic rings. The molecule has 0 bridgehead atoms. The Morgan fingerprint density at radius 3 is 2.77 bits per heavy atom. The smallest absolute Gasteiger partial charge is 0.330 e. The summed E-state index contributed by atoms with van der Waals surface area (Å²) in [5.74, 6) is -1.42. The van der Waals surface area contributed by atoms with E-state index in [0.717, 1.165) is 11.1 Å². The number of aromatic nitrogens is 3. The third kappa shape index (κ3) is 3.69. The quantitative estimate of drug-likeness (QED) is 0.836. The van der Waals surface area contributed by atoms with Gasteiger partial charge in [-0.15, -0.1) is 0 Å². The molecule has 1 amide bonds. The number of hydrogen-bond acceptors (Lipinski definition) is 4. The molecule has 0 saturated carbocycles. The van der Waals surface area contributed by atoms with Crippen LogP contribution in [0.2, 0.25) is 0 Å². The molecule has 1 aromatic heterocycles. The van der Waals surface area contributed by atoms with Crippen LogP contribution in [0.25, 0.3) is 0 Å². The standard InChI is InChI=1S/C15H18N4O3/c1-10-4-3-5-12(11(10)2)14(15(21)22)18-13(20)6-7-19-9-16-8-17-19/h3-5,8-9,14H,6-7H2,1-2H3,(H,18,20)(H,21,22). The van der Waals surface area contributed by atoms with Gasteiger partial charge in [-0.1, -0.05) is 18.2 Å². The Balaban J connectivity index is 2.07. The maximum atomic E-state index is 12.0. The zero-order chi connectivity index (χ0) is 16.1. The number of carbonyl (C=O) groups excluding carboxylic acids is 1. The van der Waals surface area contributed by atoms with Gasteiger partial charge in [0.05, 0.1) is 6.54 Å². The Labute approximate surface area is 128 Å². The fourth-order valence-corrected chi connectivity index (χ4v) is 2.16. The molecule has 7 heteroatoms. The van der Waals surface area contributed by atoms with Crippen LogP contribution in [-0.4, -0.2) is 31.7 Å². The summed E-state index contributed by atoms with van der Waals surface area (Å²) in [4.78, 5) is 27.3. The van der Waals surface area contributed by atoms with Crippen LogP contribution in [0.15, 0.2) is 30.9 Å². The van der Waals surface area contributed by atoms with Crippen molar-refractivity contribution in [3.8, 4) is 0 Å². The molecule has 7 nitrogen and oxygen atoms in total. The second-order valence-corrected chi connectivity index (χ2v) is 5.04. The van der Waals surface area contributed by atoms with Gasteiger partial charge in [0.2, 0.25) is 5.91 Å². The first kappa shape index (κ1) is 15.7. The Bertz CT molecular complexity index is 667. The summed E-state index contributed by atoms with van der Waals surface area (Å²) in [6, 6.07) is 4.36. The van der Waals surface area contributed by atoms with Crippen LogP contribution in [0.4, 0.5) is 0 Å². The topological polar surface area (TPSA) is 97.1 Å². The van der Waals surface area contributed by atoms with E-state index in [1.807, 2.05) is 19.9 Å². The van der Waals surface area contributed by atoms with Gasteiger partial charge < -0.3 is 10.4 Å². The van der Waals surface area contributed by atoms with Gasteiger partial charge in [0.25, 0.3) is 0 Å². The van der Waals surface area contributed by atoms with E-state index in [4.69, 9.17) is 0 Å². The van der Waals surface area contributed by atoms with Gasteiger partial charge in [0.15, 0.2) is 6.04 Å². The summed E-state index contributed by atoms with van der Waals surface area (Å²) < 4.78 is 1.52. The molecule has 22 heavy (non-hydrogen) atoms. The van der Waals surface area contributed by atoms with Crippen LogP contribution in [0.3, 0.4) is 0 Å². The molecule has 0 radical (unpaired) electrons. The fraction of sp³-hybridized carbons (Fsp3) is 0.333. The third-order valence-electron chi connectivity index (χ3n) is 3.54. The lowest BCUT2D eigenvalue weighted by atomic mass is 9.97. The average molecular weight is 302 g/mol. The van der Waals surface area contributed by atoms with E-state index >= 15 is 0 Å². The lowest BCUT2D eigenvalue weighted by Crippen LogP contribution is -2.34. The highest BCUT2D eigenvalue weighted by Crippen LogP contribution is 2.21. The van der Waals surface area contributed by atoms with Crippen molar-refractivity contribution in [2.75, 3.05) is 0 Å². The highest BCUT2D eigenvalue weighted by molar-refractivity contribution is 5.84. The van der Waals surface area contributed by atoms with Crippen molar-refractivity contribution in [1.82, 2.24) is 20.1 Å².